The van der Waals surface area contributed by atoms with Crippen molar-refractivity contribution in [1.29, 1.82) is 0 Å². The van der Waals surface area contributed by atoms with Gasteiger partial charge in [-0.15, -0.1) is 0 Å². The maximum Gasteiger partial charge on any atom is 0.416 e. The molecule has 126 valence electrons. The summed E-state index contributed by atoms with van der Waals surface area (Å²) in [5.74, 6) is -0.602. The first-order chi connectivity index (χ1) is 10.6. The molecule has 1 heterocycles. The number of aliphatic hydroxyl groups is 1. The van der Waals surface area contributed by atoms with Crippen molar-refractivity contribution in [1.82, 2.24) is 10.2 Å². The fourth-order valence-electron chi connectivity index (χ4n) is 2.39. The molecule has 1 aliphatic rings. The van der Waals surface area contributed by atoms with Crippen LogP contribution in [0.15, 0.2) is 24.3 Å². The van der Waals surface area contributed by atoms with Gasteiger partial charge in [-0.25, -0.2) is 4.79 Å². The number of amides is 3. The normalized spacial score (nSPS) is 23.1. The lowest BCUT2D eigenvalue weighted by Gasteiger charge is -2.23. The van der Waals surface area contributed by atoms with Crippen LogP contribution in [0.1, 0.15) is 31.4 Å². The van der Waals surface area contributed by atoms with Crippen LogP contribution in [0.5, 0.6) is 0 Å². The lowest BCUT2D eigenvalue weighted by molar-refractivity contribution is -0.137. The van der Waals surface area contributed by atoms with Crippen LogP contribution in [0, 0.1) is 0 Å². The standard InChI is InChI=1S/C15H17F3N2O3/c1-3-11(21)8-20-12(22)14(2,19-13(20)23)9-4-6-10(7-5-9)15(16,17)18/h4-7,11,21H,3,8H2,1-2H3,(H,19,23)/t11-,14-/m0/s1. The molecule has 3 amide bonds. The Kier molecular flexibility index (Phi) is 4.39. The van der Waals surface area contributed by atoms with Crippen LogP contribution in [0.2, 0.25) is 0 Å². The van der Waals surface area contributed by atoms with Crippen molar-refractivity contribution in [3.8, 4) is 0 Å². The van der Waals surface area contributed by atoms with E-state index >= 15 is 0 Å². The topological polar surface area (TPSA) is 69.6 Å². The zero-order chi connectivity index (χ0) is 17.4. The van der Waals surface area contributed by atoms with Crippen molar-refractivity contribution >= 4 is 11.9 Å². The summed E-state index contributed by atoms with van der Waals surface area (Å²) in [7, 11) is 0. The molecule has 0 aromatic heterocycles. The zero-order valence-electron chi connectivity index (χ0n) is 12.6. The Balaban J connectivity index is 2.28. The van der Waals surface area contributed by atoms with Gasteiger partial charge >= 0.3 is 12.2 Å². The Morgan fingerprint density at radius 1 is 1.26 bits per heavy atom. The smallest absolute Gasteiger partial charge is 0.391 e. The molecule has 0 aliphatic carbocycles. The highest BCUT2D eigenvalue weighted by atomic mass is 19.4. The van der Waals surface area contributed by atoms with Crippen LogP contribution < -0.4 is 5.32 Å². The molecule has 1 aliphatic heterocycles. The number of alkyl halides is 3. The number of nitrogens with one attached hydrogen (secondary N) is 1. The van der Waals surface area contributed by atoms with Gasteiger partial charge in [-0.2, -0.15) is 13.2 Å². The van der Waals surface area contributed by atoms with Crippen LogP contribution in [-0.2, 0) is 16.5 Å². The van der Waals surface area contributed by atoms with Gasteiger partial charge in [-0.1, -0.05) is 19.1 Å². The minimum Gasteiger partial charge on any atom is -0.391 e. The third-order valence-corrected chi connectivity index (χ3v) is 3.93. The summed E-state index contributed by atoms with van der Waals surface area (Å²) in [6.07, 6.45) is -4.95. The van der Waals surface area contributed by atoms with E-state index in [1.54, 1.807) is 6.92 Å². The van der Waals surface area contributed by atoms with E-state index in [9.17, 15) is 27.9 Å². The summed E-state index contributed by atoms with van der Waals surface area (Å²) in [5, 5.41) is 12.1. The Labute approximate surface area is 131 Å². The molecule has 1 aromatic carbocycles. The number of carbonyl (C=O) groups excluding carboxylic acids is 2. The molecule has 0 unspecified atom stereocenters. The lowest BCUT2D eigenvalue weighted by Crippen LogP contribution is -2.42. The third kappa shape index (κ3) is 3.17. The molecule has 23 heavy (non-hydrogen) atoms. The van der Waals surface area contributed by atoms with Crippen LogP contribution in [0.25, 0.3) is 0 Å². The van der Waals surface area contributed by atoms with E-state index in [4.69, 9.17) is 0 Å². The van der Waals surface area contributed by atoms with Gasteiger partial charge in [0.05, 0.1) is 18.2 Å². The average molecular weight is 330 g/mol. The first-order valence-electron chi connectivity index (χ1n) is 7.09. The van der Waals surface area contributed by atoms with Gasteiger partial charge in [0.25, 0.3) is 5.91 Å². The number of rotatable bonds is 4. The van der Waals surface area contributed by atoms with Gasteiger partial charge in [0.15, 0.2) is 0 Å². The molecule has 5 nitrogen and oxygen atoms in total. The van der Waals surface area contributed by atoms with E-state index in [-0.39, 0.29) is 12.1 Å². The highest BCUT2D eigenvalue weighted by Crippen LogP contribution is 2.33. The minimum absolute atomic E-state index is 0.155. The van der Waals surface area contributed by atoms with E-state index in [0.717, 1.165) is 17.0 Å². The van der Waals surface area contributed by atoms with E-state index in [2.05, 4.69) is 5.32 Å². The highest BCUT2D eigenvalue weighted by Gasteiger charge is 2.49. The maximum absolute atomic E-state index is 12.6. The molecule has 2 N–H and O–H groups in total. The number of hydrogen-bond donors (Lipinski definition) is 2. The monoisotopic (exact) mass is 330 g/mol. The Morgan fingerprint density at radius 3 is 2.30 bits per heavy atom. The fraction of sp³-hybridized carbons (Fsp3) is 0.467. The molecule has 0 bridgehead atoms. The first kappa shape index (κ1) is 17.3. The van der Waals surface area contributed by atoms with Gasteiger partial charge in [-0.3, -0.25) is 9.69 Å². The summed E-state index contributed by atoms with van der Waals surface area (Å²) < 4.78 is 37.8. The largest absolute Gasteiger partial charge is 0.416 e. The number of carbonyl (C=O) groups is 2. The molecular weight excluding hydrogens is 313 g/mol. The summed E-state index contributed by atoms with van der Waals surface area (Å²) in [6, 6.07) is 3.39. The Hall–Kier alpha value is -2.09. The van der Waals surface area contributed by atoms with Gasteiger partial charge in [0.1, 0.15) is 5.54 Å². The van der Waals surface area contributed by atoms with Crippen LogP contribution >= 0.6 is 0 Å². The number of β-amino-alcohol motifs (C(OH)–C–C–N with tert-alkyl or cyclic N) is 1. The number of benzene rings is 1. The van der Waals surface area contributed by atoms with E-state index in [1.165, 1.54) is 19.1 Å². The molecule has 0 spiro atoms. The molecule has 0 radical (unpaired) electrons. The summed E-state index contributed by atoms with van der Waals surface area (Å²) in [4.78, 5) is 25.3. The van der Waals surface area contributed by atoms with Crippen LogP contribution in [-0.4, -0.2) is 34.6 Å². The molecule has 2 rings (SSSR count). The number of aliphatic hydroxyl groups excluding tert-OH is 1. The van der Waals surface area contributed by atoms with E-state index in [1.807, 2.05) is 0 Å². The third-order valence-electron chi connectivity index (χ3n) is 3.93. The SMILES string of the molecule is CC[C@H](O)CN1C(=O)N[C@@](C)(c2ccc(C(F)(F)F)cc2)C1=O. The van der Waals surface area contributed by atoms with Crippen LogP contribution in [0.4, 0.5) is 18.0 Å². The molecule has 1 fully saturated rings. The maximum atomic E-state index is 12.6. The second kappa shape index (κ2) is 5.84. The van der Waals surface area contributed by atoms with Crippen molar-refractivity contribution in [3.63, 3.8) is 0 Å². The van der Waals surface area contributed by atoms with Gasteiger partial charge < -0.3 is 10.4 Å². The predicted molar refractivity (Wildman–Crippen MR) is 75.3 cm³/mol. The van der Waals surface area contributed by atoms with Gasteiger partial charge in [0, 0.05) is 0 Å². The van der Waals surface area contributed by atoms with Gasteiger partial charge in [0.2, 0.25) is 0 Å². The lowest BCUT2D eigenvalue weighted by atomic mass is 9.91. The summed E-state index contributed by atoms with van der Waals surface area (Å²) in [6.45, 7) is 2.98. The second-order valence-corrected chi connectivity index (χ2v) is 5.61. The van der Waals surface area contributed by atoms with Crippen molar-refractivity contribution in [3.05, 3.63) is 35.4 Å². The number of imide groups is 1. The van der Waals surface area contributed by atoms with Gasteiger partial charge in [-0.05, 0) is 31.0 Å². The molecule has 2 atom stereocenters. The van der Waals surface area contributed by atoms with Crippen molar-refractivity contribution in [2.24, 2.45) is 0 Å². The quantitative estimate of drug-likeness (QED) is 0.832. The average Bonchev–Trinajstić information content (AvgIpc) is 2.71. The molecular formula is C15H17F3N2O3. The second-order valence-electron chi connectivity index (χ2n) is 5.61. The first-order valence-corrected chi connectivity index (χ1v) is 7.09. The van der Waals surface area contributed by atoms with E-state index < -0.39 is 35.3 Å². The predicted octanol–water partition coefficient (Wildman–Crippen LogP) is 2.24. The van der Waals surface area contributed by atoms with Crippen molar-refractivity contribution in [2.75, 3.05) is 6.54 Å². The molecule has 1 aromatic rings. The minimum atomic E-state index is -4.47. The number of halogens is 3. The summed E-state index contributed by atoms with van der Waals surface area (Å²) >= 11 is 0. The van der Waals surface area contributed by atoms with Crippen molar-refractivity contribution in [2.45, 2.75) is 38.1 Å². The molecule has 8 heteroatoms. The number of urea groups is 1. The van der Waals surface area contributed by atoms with Crippen molar-refractivity contribution < 1.29 is 27.9 Å². The number of nitrogens with zero attached hydrogens (tertiary/aromatic N) is 1. The molecule has 1 saturated heterocycles. The Bertz CT molecular complexity index is 615. The summed E-state index contributed by atoms with van der Waals surface area (Å²) in [5.41, 5.74) is -2.04. The zero-order valence-corrected chi connectivity index (χ0v) is 12.6. The molecule has 0 saturated carbocycles. The Morgan fingerprint density at radius 2 is 1.83 bits per heavy atom. The van der Waals surface area contributed by atoms with E-state index in [0.29, 0.717) is 6.42 Å². The highest BCUT2D eigenvalue weighted by molar-refractivity contribution is 6.07. The fourth-order valence-corrected chi connectivity index (χ4v) is 2.39. The number of hydrogen-bond acceptors (Lipinski definition) is 3. The van der Waals surface area contributed by atoms with Crippen LogP contribution in [0.3, 0.4) is 0 Å².